The first kappa shape index (κ1) is 31.5. The molecule has 0 aliphatic heterocycles. The van der Waals surface area contributed by atoms with Gasteiger partial charge in [0.1, 0.15) is 4.90 Å². The number of rotatable bonds is 18. The number of ether oxygens (including phenoxy) is 1. The second kappa shape index (κ2) is 17.0. The van der Waals surface area contributed by atoms with Crippen LogP contribution < -0.4 is 0 Å². The van der Waals surface area contributed by atoms with Crippen molar-refractivity contribution in [1.29, 1.82) is 0 Å². The molecule has 0 atom stereocenters. The maximum atomic E-state index is 13.2. The third kappa shape index (κ3) is 10.6. The summed E-state index contributed by atoms with van der Waals surface area (Å²) in [5.74, 6) is -1.69. The van der Waals surface area contributed by atoms with Gasteiger partial charge in [0.2, 0.25) is 0 Å². The van der Waals surface area contributed by atoms with Gasteiger partial charge < -0.3 is 8.92 Å². The number of unbranched alkanes of at least 4 members (excludes halogenated alkanes) is 10. The van der Waals surface area contributed by atoms with Crippen molar-refractivity contribution in [2.75, 3.05) is 6.61 Å². The van der Waals surface area contributed by atoms with E-state index in [1.165, 1.54) is 50.3 Å². The molecule has 0 aliphatic carbocycles. The van der Waals surface area contributed by atoms with E-state index in [9.17, 15) is 18.0 Å². The molecule has 38 heavy (non-hydrogen) atoms. The molecule has 0 amide bonds. The second-order valence-corrected chi connectivity index (χ2v) is 11.4. The molecule has 0 bridgehead atoms. The number of benzene rings is 2. The molecule has 2 aromatic carbocycles. The smallest absolute Gasteiger partial charge is 0.354 e. The van der Waals surface area contributed by atoms with Gasteiger partial charge in [0.15, 0.2) is 0 Å². The standard InChI is InChI=1S/C31H44O6S/c1-4-6-8-10-12-14-17-26-18-16-19-28(29(26)31(33)36-24-15-13-11-9-7-5-2)30(32)37-38(34,35)27-22-20-25(3)21-23-27/h16,18-23H,4-15,17,24H2,1-3H3. The van der Waals surface area contributed by atoms with Gasteiger partial charge in [-0.1, -0.05) is 108 Å². The van der Waals surface area contributed by atoms with Crippen LogP contribution in [-0.4, -0.2) is 27.0 Å². The maximum Gasteiger partial charge on any atom is 0.354 e. The van der Waals surface area contributed by atoms with E-state index in [0.29, 0.717) is 12.0 Å². The molecule has 0 radical (unpaired) electrons. The topological polar surface area (TPSA) is 86.7 Å². The van der Waals surface area contributed by atoms with E-state index >= 15 is 0 Å². The van der Waals surface area contributed by atoms with E-state index in [-0.39, 0.29) is 22.6 Å². The van der Waals surface area contributed by atoms with E-state index in [1.54, 1.807) is 24.3 Å². The molecule has 0 fully saturated rings. The largest absolute Gasteiger partial charge is 0.462 e. The average Bonchev–Trinajstić information content (AvgIpc) is 2.89. The summed E-state index contributed by atoms with van der Waals surface area (Å²) in [6.45, 7) is 6.43. The fourth-order valence-corrected chi connectivity index (χ4v) is 5.19. The van der Waals surface area contributed by atoms with Gasteiger partial charge in [0.25, 0.3) is 0 Å². The van der Waals surface area contributed by atoms with Crippen LogP contribution in [0.1, 0.15) is 123 Å². The molecule has 210 valence electrons. The fraction of sp³-hybridized carbons (Fsp3) is 0.548. The molecular weight excluding hydrogens is 500 g/mol. The predicted molar refractivity (Wildman–Crippen MR) is 151 cm³/mol. The number of aryl methyl sites for hydroxylation is 2. The molecule has 0 N–H and O–H groups in total. The number of esters is 1. The van der Waals surface area contributed by atoms with Crippen molar-refractivity contribution < 1.29 is 26.9 Å². The van der Waals surface area contributed by atoms with Crippen LogP contribution in [0.4, 0.5) is 0 Å². The Bertz CT molecular complexity index is 1110. The number of carbonyl (C=O) groups is 2. The Kier molecular flexibility index (Phi) is 14.1. The van der Waals surface area contributed by atoms with E-state index in [0.717, 1.165) is 50.5 Å². The van der Waals surface area contributed by atoms with Crippen LogP contribution in [0.2, 0.25) is 0 Å². The number of hydrogen-bond donors (Lipinski definition) is 0. The monoisotopic (exact) mass is 544 g/mol. The maximum absolute atomic E-state index is 13.2. The minimum atomic E-state index is -4.34. The molecule has 0 spiro atoms. The summed E-state index contributed by atoms with van der Waals surface area (Å²) in [4.78, 5) is 26.2. The Morgan fingerprint density at radius 1 is 0.711 bits per heavy atom. The van der Waals surface area contributed by atoms with E-state index in [2.05, 4.69) is 13.8 Å². The highest BCUT2D eigenvalue weighted by Gasteiger charge is 2.27. The van der Waals surface area contributed by atoms with E-state index in [1.807, 2.05) is 6.92 Å². The molecule has 0 saturated heterocycles. The van der Waals surface area contributed by atoms with Crippen LogP contribution in [0, 0.1) is 6.92 Å². The molecule has 0 unspecified atom stereocenters. The van der Waals surface area contributed by atoms with Crippen molar-refractivity contribution in [3.05, 3.63) is 64.7 Å². The zero-order chi connectivity index (χ0) is 27.8. The van der Waals surface area contributed by atoms with Crippen LogP contribution in [0.5, 0.6) is 0 Å². The minimum Gasteiger partial charge on any atom is -0.462 e. The van der Waals surface area contributed by atoms with Crippen molar-refractivity contribution in [2.24, 2.45) is 0 Å². The first-order valence-corrected chi connectivity index (χ1v) is 15.6. The molecule has 0 aliphatic rings. The van der Waals surface area contributed by atoms with Crippen molar-refractivity contribution in [2.45, 2.75) is 109 Å². The highest BCUT2D eigenvalue weighted by atomic mass is 32.2. The van der Waals surface area contributed by atoms with Gasteiger partial charge in [0, 0.05) is 0 Å². The quantitative estimate of drug-likeness (QED) is 0.107. The minimum absolute atomic E-state index is 0.0860. The first-order valence-electron chi connectivity index (χ1n) is 14.1. The fourth-order valence-electron chi connectivity index (χ4n) is 4.33. The normalized spacial score (nSPS) is 11.3. The summed E-state index contributed by atoms with van der Waals surface area (Å²) in [6, 6.07) is 10.9. The van der Waals surface area contributed by atoms with E-state index in [4.69, 9.17) is 8.92 Å². The number of carbonyl (C=O) groups excluding carboxylic acids is 2. The lowest BCUT2D eigenvalue weighted by Gasteiger charge is -2.14. The lowest BCUT2D eigenvalue weighted by Crippen LogP contribution is -2.19. The van der Waals surface area contributed by atoms with Crippen molar-refractivity contribution in [3.63, 3.8) is 0 Å². The molecule has 2 aromatic rings. The average molecular weight is 545 g/mol. The molecular formula is C31H44O6S. The Balaban J connectivity index is 2.18. The first-order chi connectivity index (χ1) is 18.3. The van der Waals surface area contributed by atoms with Gasteiger partial charge in [-0.3, -0.25) is 0 Å². The molecule has 0 aromatic heterocycles. The summed E-state index contributed by atoms with van der Waals surface area (Å²) in [5, 5.41) is 0. The second-order valence-electron chi connectivity index (χ2n) is 9.90. The van der Waals surface area contributed by atoms with Crippen LogP contribution in [0.3, 0.4) is 0 Å². The molecule has 6 nitrogen and oxygen atoms in total. The zero-order valence-electron chi connectivity index (χ0n) is 23.3. The summed E-state index contributed by atoms with van der Waals surface area (Å²) in [5.41, 5.74) is 1.58. The third-order valence-electron chi connectivity index (χ3n) is 6.60. The van der Waals surface area contributed by atoms with Crippen molar-refractivity contribution in [1.82, 2.24) is 0 Å². The third-order valence-corrected chi connectivity index (χ3v) is 7.82. The SMILES string of the molecule is CCCCCCCCOC(=O)c1c(CCCCCCCC)cccc1C(=O)OS(=O)(=O)c1ccc(C)cc1. The Hall–Kier alpha value is -2.67. The van der Waals surface area contributed by atoms with Gasteiger partial charge >= 0.3 is 22.1 Å². The summed E-state index contributed by atoms with van der Waals surface area (Å²) >= 11 is 0. The lowest BCUT2D eigenvalue weighted by molar-refractivity contribution is 0.0488. The zero-order valence-corrected chi connectivity index (χ0v) is 24.1. The van der Waals surface area contributed by atoms with Crippen LogP contribution in [-0.2, 0) is 25.5 Å². The van der Waals surface area contributed by atoms with Gasteiger partial charge in [-0.25, -0.2) is 9.59 Å². The highest BCUT2D eigenvalue weighted by molar-refractivity contribution is 7.87. The van der Waals surface area contributed by atoms with Gasteiger partial charge in [-0.05, 0) is 49.9 Å². The van der Waals surface area contributed by atoms with Crippen LogP contribution in [0.15, 0.2) is 47.4 Å². The van der Waals surface area contributed by atoms with Crippen molar-refractivity contribution in [3.8, 4) is 0 Å². The Labute approximate surface area is 229 Å². The van der Waals surface area contributed by atoms with Gasteiger partial charge in [-0.15, -0.1) is 0 Å². The molecule has 7 heteroatoms. The van der Waals surface area contributed by atoms with Crippen LogP contribution in [0.25, 0.3) is 0 Å². The molecule has 0 saturated carbocycles. The van der Waals surface area contributed by atoms with Gasteiger partial charge in [-0.2, -0.15) is 8.42 Å². The summed E-state index contributed by atoms with van der Waals surface area (Å²) < 4.78 is 36.0. The predicted octanol–water partition coefficient (Wildman–Crippen LogP) is 7.96. The summed E-state index contributed by atoms with van der Waals surface area (Å²) in [7, 11) is -4.34. The van der Waals surface area contributed by atoms with Crippen LogP contribution >= 0.6 is 0 Å². The summed E-state index contributed by atoms with van der Waals surface area (Å²) in [6.07, 6.45) is 13.5. The van der Waals surface area contributed by atoms with E-state index < -0.39 is 22.1 Å². The Morgan fingerprint density at radius 2 is 1.29 bits per heavy atom. The number of hydrogen-bond acceptors (Lipinski definition) is 6. The van der Waals surface area contributed by atoms with Crippen molar-refractivity contribution >= 4 is 22.1 Å². The molecule has 0 heterocycles. The Morgan fingerprint density at radius 3 is 1.92 bits per heavy atom. The molecule has 2 rings (SSSR count). The van der Waals surface area contributed by atoms with Gasteiger partial charge in [0.05, 0.1) is 17.7 Å². The lowest BCUT2D eigenvalue weighted by atomic mass is 9.96. The highest BCUT2D eigenvalue weighted by Crippen LogP contribution is 2.23.